The van der Waals surface area contributed by atoms with Crippen LogP contribution in [0, 0.1) is 12.3 Å². The Morgan fingerprint density at radius 2 is 2.25 bits per heavy atom. The van der Waals surface area contributed by atoms with Crippen LogP contribution in [-0.4, -0.2) is 30.5 Å². The molecule has 2 N–H and O–H groups in total. The molecule has 1 fully saturated rings. The maximum Gasteiger partial charge on any atom is 0.226 e. The van der Waals surface area contributed by atoms with Gasteiger partial charge in [0.2, 0.25) is 5.91 Å². The number of thiazole rings is 1. The largest absolute Gasteiger partial charge is 0.355 e. The fraction of sp³-hybridized carbons (Fsp3) is 0.733. The monoisotopic (exact) mass is 295 g/mol. The number of hydrogen-bond acceptors (Lipinski definition) is 4. The Balaban J connectivity index is 1.85. The molecule has 0 aliphatic carbocycles. The first-order valence-corrected chi connectivity index (χ1v) is 8.44. The average Bonchev–Trinajstić information content (AvgIpc) is 2.86. The van der Waals surface area contributed by atoms with E-state index < -0.39 is 0 Å². The number of nitrogens with one attached hydrogen (secondary N) is 2. The molecule has 5 heteroatoms. The number of aryl methyl sites for hydroxylation is 1. The average molecular weight is 295 g/mol. The molecule has 1 saturated heterocycles. The lowest BCUT2D eigenvalue weighted by Crippen LogP contribution is -2.48. The maximum absolute atomic E-state index is 12.5. The van der Waals surface area contributed by atoms with Gasteiger partial charge in [-0.2, -0.15) is 0 Å². The molecule has 0 aromatic carbocycles. The van der Waals surface area contributed by atoms with Gasteiger partial charge in [0, 0.05) is 24.0 Å². The number of carbonyl (C=O) groups excluding carboxylic acids is 1. The van der Waals surface area contributed by atoms with Gasteiger partial charge in [0.1, 0.15) is 0 Å². The minimum Gasteiger partial charge on any atom is -0.355 e. The topological polar surface area (TPSA) is 54.0 Å². The predicted molar refractivity (Wildman–Crippen MR) is 83.0 cm³/mol. The van der Waals surface area contributed by atoms with Crippen molar-refractivity contribution in [3.8, 4) is 0 Å². The van der Waals surface area contributed by atoms with Crippen molar-refractivity contribution in [2.75, 3.05) is 19.6 Å². The summed E-state index contributed by atoms with van der Waals surface area (Å²) in [5.74, 6) is 0.245. The summed E-state index contributed by atoms with van der Waals surface area (Å²) in [6.07, 6.45) is 4.83. The summed E-state index contributed by atoms with van der Waals surface area (Å²) in [4.78, 5) is 17.0. The van der Waals surface area contributed by atoms with E-state index >= 15 is 0 Å². The fourth-order valence-corrected chi connectivity index (χ4v) is 3.74. The van der Waals surface area contributed by atoms with Crippen molar-refractivity contribution >= 4 is 17.2 Å². The minimum atomic E-state index is -0.140. The Kier molecular flexibility index (Phi) is 5.54. The standard InChI is InChI=1S/C15H25N3OS/c1-3-5-15(6-9-16-10-7-15)14(19)17-8-4-13-18-12(2)11-20-13/h11,16H,3-10H2,1-2H3,(H,17,19). The molecule has 0 unspecified atom stereocenters. The molecule has 2 heterocycles. The zero-order valence-electron chi connectivity index (χ0n) is 12.5. The van der Waals surface area contributed by atoms with Crippen LogP contribution in [0.25, 0.3) is 0 Å². The first-order valence-electron chi connectivity index (χ1n) is 7.56. The van der Waals surface area contributed by atoms with Gasteiger partial charge in [-0.3, -0.25) is 4.79 Å². The zero-order valence-corrected chi connectivity index (χ0v) is 13.3. The first-order chi connectivity index (χ1) is 9.66. The smallest absolute Gasteiger partial charge is 0.226 e. The van der Waals surface area contributed by atoms with Crippen molar-refractivity contribution in [1.82, 2.24) is 15.6 Å². The summed E-state index contributed by atoms with van der Waals surface area (Å²) in [6, 6.07) is 0. The molecule has 0 saturated carbocycles. The summed E-state index contributed by atoms with van der Waals surface area (Å²) in [5, 5.41) is 9.65. The van der Waals surface area contributed by atoms with E-state index in [-0.39, 0.29) is 11.3 Å². The Morgan fingerprint density at radius 1 is 1.50 bits per heavy atom. The van der Waals surface area contributed by atoms with Crippen molar-refractivity contribution in [1.29, 1.82) is 0 Å². The first kappa shape index (κ1) is 15.4. The molecular weight excluding hydrogens is 270 g/mol. The number of amides is 1. The number of hydrogen-bond donors (Lipinski definition) is 2. The van der Waals surface area contributed by atoms with E-state index in [0.717, 1.165) is 55.9 Å². The van der Waals surface area contributed by atoms with E-state index in [9.17, 15) is 4.79 Å². The molecule has 1 amide bonds. The van der Waals surface area contributed by atoms with Gasteiger partial charge in [0.05, 0.1) is 10.4 Å². The molecule has 1 aliphatic rings. The SMILES string of the molecule is CCCC1(C(=O)NCCc2nc(C)cs2)CCNCC1. The van der Waals surface area contributed by atoms with Crippen molar-refractivity contribution < 1.29 is 4.79 Å². The van der Waals surface area contributed by atoms with E-state index in [2.05, 4.69) is 27.9 Å². The van der Waals surface area contributed by atoms with Crippen molar-refractivity contribution in [3.63, 3.8) is 0 Å². The van der Waals surface area contributed by atoms with Gasteiger partial charge >= 0.3 is 0 Å². The molecule has 1 aromatic heterocycles. The number of piperidine rings is 1. The molecule has 20 heavy (non-hydrogen) atoms. The molecule has 0 spiro atoms. The van der Waals surface area contributed by atoms with Crippen molar-refractivity contribution in [2.45, 2.75) is 46.0 Å². The summed E-state index contributed by atoms with van der Waals surface area (Å²) in [5.41, 5.74) is 0.927. The van der Waals surface area contributed by atoms with E-state index in [4.69, 9.17) is 0 Å². The van der Waals surface area contributed by atoms with Crippen molar-refractivity contribution in [2.24, 2.45) is 5.41 Å². The molecule has 1 aliphatic heterocycles. The fourth-order valence-electron chi connectivity index (χ4n) is 2.96. The number of carbonyl (C=O) groups is 1. The minimum absolute atomic E-state index is 0.140. The van der Waals surface area contributed by atoms with Gasteiger partial charge in [-0.25, -0.2) is 4.98 Å². The van der Waals surface area contributed by atoms with Gasteiger partial charge in [-0.05, 0) is 39.3 Å². The third-order valence-corrected chi connectivity index (χ3v) is 5.09. The summed E-state index contributed by atoms with van der Waals surface area (Å²) in [7, 11) is 0. The number of rotatable bonds is 6. The van der Waals surface area contributed by atoms with Crippen LogP contribution in [0.4, 0.5) is 0 Å². The quantitative estimate of drug-likeness (QED) is 0.846. The maximum atomic E-state index is 12.5. The van der Waals surface area contributed by atoms with Gasteiger partial charge < -0.3 is 10.6 Å². The molecule has 1 aromatic rings. The molecule has 4 nitrogen and oxygen atoms in total. The van der Waals surface area contributed by atoms with Crippen LogP contribution in [-0.2, 0) is 11.2 Å². The molecule has 0 bridgehead atoms. The number of nitrogens with zero attached hydrogens (tertiary/aromatic N) is 1. The Hall–Kier alpha value is -0.940. The summed E-state index contributed by atoms with van der Waals surface area (Å²) >= 11 is 1.67. The Bertz CT molecular complexity index is 433. The molecular formula is C15H25N3OS. The molecule has 0 atom stereocenters. The highest BCUT2D eigenvalue weighted by Gasteiger charge is 2.38. The van der Waals surface area contributed by atoms with Gasteiger partial charge in [0.25, 0.3) is 0 Å². The highest BCUT2D eigenvalue weighted by molar-refractivity contribution is 7.09. The molecule has 2 rings (SSSR count). The molecule has 0 radical (unpaired) electrons. The highest BCUT2D eigenvalue weighted by Crippen LogP contribution is 2.34. The second kappa shape index (κ2) is 7.18. The predicted octanol–water partition coefficient (Wildman–Crippen LogP) is 2.28. The second-order valence-corrected chi connectivity index (χ2v) is 6.61. The van der Waals surface area contributed by atoms with Gasteiger partial charge in [0.15, 0.2) is 0 Å². The Labute approximate surface area is 125 Å². The zero-order chi connectivity index (χ0) is 14.4. The normalized spacial score (nSPS) is 17.9. The summed E-state index contributed by atoms with van der Waals surface area (Å²) in [6.45, 7) is 6.78. The van der Waals surface area contributed by atoms with Gasteiger partial charge in [-0.15, -0.1) is 11.3 Å². The van der Waals surface area contributed by atoms with E-state index in [0.29, 0.717) is 6.54 Å². The lowest BCUT2D eigenvalue weighted by molar-refractivity contribution is -0.133. The second-order valence-electron chi connectivity index (χ2n) is 5.67. The van der Waals surface area contributed by atoms with Crippen LogP contribution < -0.4 is 10.6 Å². The lowest BCUT2D eigenvalue weighted by atomic mass is 9.74. The van der Waals surface area contributed by atoms with E-state index in [1.165, 1.54) is 0 Å². The van der Waals surface area contributed by atoms with Gasteiger partial charge in [-0.1, -0.05) is 13.3 Å². The van der Waals surface area contributed by atoms with Crippen LogP contribution in [0.5, 0.6) is 0 Å². The van der Waals surface area contributed by atoms with Crippen molar-refractivity contribution in [3.05, 3.63) is 16.1 Å². The Morgan fingerprint density at radius 3 is 2.85 bits per heavy atom. The number of aromatic nitrogens is 1. The van der Waals surface area contributed by atoms with Crippen LogP contribution in [0.15, 0.2) is 5.38 Å². The van der Waals surface area contributed by atoms with Crippen LogP contribution in [0.3, 0.4) is 0 Å². The lowest BCUT2D eigenvalue weighted by Gasteiger charge is -2.36. The van der Waals surface area contributed by atoms with Crippen LogP contribution >= 0.6 is 11.3 Å². The third kappa shape index (κ3) is 3.79. The third-order valence-electron chi connectivity index (χ3n) is 4.06. The van der Waals surface area contributed by atoms with E-state index in [1.54, 1.807) is 11.3 Å². The van der Waals surface area contributed by atoms with E-state index in [1.807, 2.05) is 6.92 Å². The van der Waals surface area contributed by atoms with Crippen LogP contribution in [0.1, 0.15) is 43.3 Å². The molecule has 112 valence electrons. The highest BCUT2D eigenvalue weighted by atomic mass is 32.1. The summed E-state index contributed by atoms with van der Waals surface area (Å²) < 4.78 is 0. The van der Waals surface area contributed by atoms with Crippen LogP contribution in [0.2, 0.25) is 0 Å².